The molecule has 1 amide bonds. The number of benzene rings is 2. The lowest BCUT2D eigenvalue weighted by Crippen LogP contribution is -2.09. The zero-order valence-corrected chi connectivity index (χ0v) is 21.1. The summed E-state index contributed by atoms with van der Waals surface area (Å²) in [5, 5.41) is 17.7. The van der Waals surface area contributed by atoms with Gasteiger partial charge in [-0.05, 0) is 55.0 Å². The summed E-state index contributed by atoms with van der Waals surface area (Å²) in [6, 6.07) is 14.6. The Morgan fingerprint density at radius 3 is 2.80 bits per heavy atom. The van der Waals surface area contributed by atoms with Crippen LogP contribution < -0.4 is 5.32 Å². The summed E-state index contributed by atoms with van der Waals surface area (Å²) in [6.07, 6.45) is 3.78. The molecule has 0 aliphatic heterocycles. The highest BCUT2D eigenvalue weighted by molar-refractivity contribution is 7.19. The SMILES string of the molecule is CCc1nnc2sc(-c3ccc(C)c(NC(=O)/C=C/c4ccc(-c5ccc(Cl)cc5Cl)o4)c3)nn12. The van der Waals surface area contributed by atoms with Crippen LogP contribution in [0.1, 0.15) is 24.1 Å². The first-order valence-corrected chi connectivity index (χ1v) is 12.3. The first kappa shape index (κ1) is 23.3. The Hall–Kier alpha value is -3.46. The van der Waals surface area contributed by atoms with Gasteiger partial charge in [0.25, 0.3) is 0 Å². The number of nitrogens with one attached hydrogen (secondary N) is 1. The summed E-state index contributed by atoms with van der Waals surface area (Å²) < 4.78 is 7.58. The van der Waals surface area contributed by atoms with E-state index in [4.69, 9.17) is 27.6 Å². The smallest absolute Gasteiger partial charge is 0.248 e. The Morgan fingerprint density at radius 1 is 1.14 bits per heavy atom. The van der Waals surface area contributed by atoms with Gasteiger partial charge in [0.05, 0.1) is 5.02 Å². The van der Waals surface area contributed by atoms with E-state index in [1.807, 2.05) is 32.0 Å². The molecule has 0 saturated heterocycles. The van der Waals surface area contributed by atoms with Gasteiger partial charge in [-0.15, -0.1) is 10.2 Å². The number of anilines is 1. The average Bonchev–Trinajstić information content (AvgIpc) is 3.55. The Morgan fingerprint density at radius 2 is 2.00 bits per heavy atom. The van der Waals surface area contributed by atoms with Crippen LogP contribution in [0.25, 0.3) is 32.9 Å². The molecule has 5 rings (SSSR count). The van der Waals surface area contributed by atoms with Gasteiger partial charge in [-0.1, -0.05) is 53.6 Å². The number of amides is 1. The van der Waals surface area contributed by atoms with E-state index in [0.717, 1.165) is 38.9 Å². The highest BCUT2D eigenvalue weighted by Crippen LogP contribution is 2.32. The van der Waals surface area contributed by atoms with E-state index in [9.17, 15) is 4.79 Å². The molecule has 0 spiro atoms. The summed E-state index contributed by atoms with van der Waals surface area (Å²) in [4.78, 5) is 13.4. The normalized spacial score (nSPS) is 11.5. The Bertz CT molecular complexity index is 1580. The first-order valence-electron chi connectivity index (χ1n) is 10.8. The van der Waals surface area contributed by atoms with Gasteiger partial charge >= 0.3 is 0 Å². The molecule has 0 saturated carbocycles. The number of carbonyl (C=O) groups excluding carboxylic acids is 1. The van der Waals surface area contributed by atoms with E-state index in [1.54, 1.807) is 40.9 Å². The molecule has 7 nitrogen and oxygen atoms in total. The number of halogens is 2. The molecule has 2 aromatic carbocycles. The molecule has 10 heteroatoms. The molecule has 0 aliphatic rings. The second-order valence-corrected chi connectivity index (χ2v) is 9.55. The number of rotatable bonds is 6. The van der Waals surface area contributed by atoms with E-state index < -0.39 is 0 Å². The third-order valence-corrected chi connectivity index (χ3v) is 6.83. The Labute approximate surface area is 215 Å². The van der Waals surface area contributed by atoms with Crippen molar-refractivity contribution in [3.05, 3.63) is 81.8 Å². The molecule has 176 valence electrons. The number of aromatic nitrogens is 4. The van der Waals surface area contributed by atoms with E-state index in [0.29, 0.717) is 27.3 Å². The van der Waals surface area contributed by atoms with Crippen molar-refractivity contribution in [2.75, 3.05) is 5.32 Å². The molecular weight excluding hydrogens is 505 g/mol. The summed E-state index contributed by atoms with van der Waals surface area (Å²) in [5.41, 5.74) is 3.25. The fourth-order valence-electron chi connectivity index (χ4n) is 3.49. The maximum atomic E-state index is 12.6. The predicted octanol–water partition coefficient (Wildman–Crippen LogP) is 6.94. The van der Waals surface area contributed by atoms with Crippen LogP contribution in [0.2, 0.25) is 10.0 Å². The van der Waals surface area contributed by atoms with Crippen molar-refractivity contribution in [2.45, 2.75) is 20.3 Å². The molecule has 3 aromatic heterocycles. The van der Waals surface area contributed by atoms with Crippen molar-refractivity contribution < 1.29 is 9.21 Å². The lowest BCUT2D eigenvalue weighted by atomic mass is 10.1. The summed E-state index contributed by atoms with van der Waals surface area (Å²) in [7, 11) is 0. The fraction of sp³-hybridized carbons (Fsp3) is 0.120. The topological polar surface area (TPSA) is 85.3 Å². The zero-order chi connectivity index (χ0) is 24.5. The average molecular weight is 524 g/mol. The molecule has 0 bridgehead atoms. The number of nitrogens with zero attached hydrogens (tertiary/aromatic N) is 4. The molecule has 35 heavy (non-hydrogen) atoms. The van der Waals surface area contributed by atoms with Crippen LogP contribution in [0, 0.1) is 6.92 Å². The van der Waals surface area contributed by atoms with Crippen LogP contribution >= 0.6 is 34.5 Å². The van der Waals surface area contributed by atoms with E-state index in [1.165, 1.54) is 17.4 Å². The van der Waals surface area contributed by atoms with Gasteiger partial charge in [0.15, 0.2) is 5.82 Å². The van der Waals surface area contributed by atoms with Crippen LogP contribution in [-0.4, -0.2) is 25.7 Å². The van der Waals surface area contributed by atoms with Crippen molar-refractivity contribution in [2.24, 2.45) is 0 Å². The molecule has 3 heterocycles. The lowest BCUT2D eigenvalue weighted by molar-refractivity contribution is -0.111. The Balaban J connectivity index is 1.32. The van der Waals surface area contributed by atoms with Gasteiger partial charge in [0, 0.05) is 34.3 Å². The largest absolute Gasteiger partial charge is 0.457 e. The molecular formula is C25H19Cl2N5O2S. The molecule has 0 atom stereocenters. The number of hydrogen-bond donors (Lipinski definition) is 1. The predicted molar refractivity (Wildman–Crippen MR) is 140 cm³/mol. The minimum atomic E-state index is -0.279. The van der Waals surface area contributed by atoms with E-state index >= 15 is 0 Å². The standard InChI is InChI=1S/C25H19Cl2N5O2S/c1-3-22-29-30-25-32(22)31-24(35-25)15-5-4-14(2)20(12-15)28-23(33)11-8-17-7-10-21(34-17)18-9-6-16(26)13-19(18)27/h4-13H,3H2,1-2H3,(H,28,33)/b11-8+. The van der Waals surface area contributed by atoms with Crippen molar-refractivity contribution in [1.82, 2.24) is 19.8 Å². The second-order valence-electron chi connectivity index (χ2n) is 7.75. The van der Waals surface area contributed by atoms with Gasteiger partial charge in [0.2, 0.25) is 10.9 Å². The molecule has 0 fully saturated rings. The first-order chi connectivity index (χ1) is 16.9. The monoisotopic (exact) mass is 523 g/mol. The third-order valence-electron chi connectivity index (χ3n) is 5.34. The van der Waals surface area contributed by atoms with E-state index in [-0.39, 0.29) is 5.91 Å². The maximum Gasteiger partial charge on any atom is 0.248 e. The van der Waals surface area contributed by atoms with Crippen molar-refractivity contribution >= 4 is 57.2 Å². The molecule has 0 aliphatic carbocycles. The molecule has 5 aromatic rings. The van der Waals surface area contributed by atoms with Gasteiger partial charge in [0.1, 0.15) is 16.5 Å². The highest BCUT2D eigenvalue weighted by atomic mass is 35.5. The third kappa shape index (κ3) is 4.86. The summed E-state index contributed by atoms with van der Waals surface area (Å²) in [5.74, 6) is 1.65. The zero-order valence-electron chi connectivity index (χ0n) is 18.8. The summed E-state index contributed by atoms with van der Waals surface area (Å²) in [6.45, 7) is 3.95. The minimum Gasteiger partial charge on any atom is -0.457 e. The number of fused-ring (bicyclic) bond motifs is 1. The summed E-state index contributed by atoms with van der Waals surface area (Å²) >= 11 is 13.7. The van der Waals surface area contributed by atoms with Crippen molar-refractivity contribution in [3.63, 3.8) is 0 Å². The number of furan rings is 1. The number of hydrogen-bond acceptors (Lipinski definition) is 6. The van der Waals surface area contributed by atoms with Crippen molar-refractivity contribution in [1.29, 1.82) is 0 Å². The number of aryl methyl sites for hydroxylation is 2. The van der Waals surface area contributed by atoms with Crippen LogP contribution in [0.3, 0.4) is 0 Å². The number of carbonyl (C=O) groups is 1. The quantitative estimate of drug-likeness (QED) is 0.243. The van der Waals surface area contributed by atoms with Crippen molar-refractivity contribution in [3.8, 4) is 21.9 Å². The highest BCUT2D eigenvalue weighted by Gasteiger charge is 2.14. The second kappa shape index (κ2) is 9.65. The lowest BCUT2D eigenvalue weighted by Gasteiger charge is -2.08. The Kier molecular flexibility index (Phi) is 6.42. The van der Waals surface area contributed by atoms with Crippen LogP contribution in [0.5, 0.6) is 0 Å². The van der Waals surface area contributed by atoms with Gasteiger partial charge in [-0.25, -0.2) is 0 Å². The fourth-order valence-corrected chi connectivity index (χ4v) is 4.85. The van der Waals surface area contributed by atoms with Gasteiger partial charge in [-0.2, -0.15) is 9.61 Å². The maximum absolute atomic E-state index is 12.6. The molecule has 1 N–H and O–H groups in total. The van der Waals surface area contributed by atoms with E-state index in [2.05, 4.69) is 20.6 Å². The van der Waals surface area contributed by atoms with Crippen LogP contribution in [0.4, 0.5) is 5.69 Å². The van der Waals surface area contributed by atoms with Gasteiger partial charge < -0.3 is 9.73 Å². The molecule has 0 unspecified atom stereocenters. The van der Waals surface area contributed by atoms with Gasteiger partial charge in [-0.3, -0.25) is 4.79 Å². The van der Waals surface area contributed by atoms with Crippen LogP contribution in [0.15, 0.2) is 59.0 Å². The van der Waals surface area contributed by atoms with Crippen LogP contribution in [-0.2, 0) is 11.2 Å². The minimum absolute atomic E-state index is 0.279. The molecule has 0 radical (unpaired) electrons.